The lowest BCUT2D eigenvalue weighted by Gasteiger charge is -2.08. The van der Waals surface area contributed by atoms with Gasteiger partial charge in [-0.15, -0.1) is 0 Å². The molecule has 5 nitrogen and oxygen atoms in total. The number of H-pyrrole nitrogens is 1. The van der Waals surface area contributed by atoms with E-state index in [1.807, 2.05) is 12.1 Å². The molecule has 0 saturated carbocycles. The summed E-state index contributed by atoms with van der Waals surface area (Å²) in [6, 6.07) is 7.24. The molecule has 1 aromatic carbocycles. The highest BCUT2D eigenvalue weighted by Crippen LogP contribution is 2.37. The van der Waals surface area contributed by atoms with Gasteiger partial charge in [0.25, 0.3) is 0 Å². The second-order valence-corrected chi connectivity index (χ2v) is 7.60. The Morgan fingerprint density at radius 1 is 1.39 bits per heavy atom. The van der Waals surface area contributed by atoms with E-state index in [-0.39, 0.29) is 0 Å². The molecule has 6 heteroatoms. The summed E-state index contributed by atoms with van der Waals surface area (Å²) in [6.45, 7) is 3.39. The van der Waals surface area contributed by atoms with E-state index >= 15 is 0 Å². The van der Waals surface area contributed by atoms with Crippen LogP contribution in [0.4, 0.5) is 5.69 Å². The Bertz CT molecular complexity index is 616. The Labute approximate surface area is 106 Å². The van der Waals surface area contributed by atoms with Crippen LogP contribution in [0.2, 0.25) is 0 Å². The summed E-state index contributed by atoms with van der Waals surface area (Å²) in [7, 11) is -0.780. The van der Waals surface area contributed by atoms with Crippen LogP contribution < -0.4 is 15.9 Å². The minimum atomic E-state index is -2.34. The van der Waals surface area contributed by atoms with Gasteiger partial charge in [-0.25, -0.2) is 0 Å². The van der Waals surface area contributed by atoms with E-state index < -0.39 is 7.14 Å². The normalized spacial score (nSPS) is 11.5. The van der Waals surface area contributed by atoms with Crippen LogP contribution in [0.3, 0.4) is 0 Å². The van der Waals surface area contributed by atoms with Crippen LogP contribution in [-0.4, -0.2) is 30.6 Å². The molecule has 0 atom stereocenters. The number of hydrogen-bond donors (Lipinski definition) is 2. The van der Waals surface area contributed by atoms with Crippen LogP contribution in [0.5, 0.6) is 5.75 Å². The lowest BCUT2D eigenvalue weighted by atomic mass is 10.1. The maximum atomic E-state index is 12.0. The molecule has 3 N–H and O–H groups in total. The molecule has 2 aromatic rings. The van der Waals surface area contributed by atoms with E-state index in [2.05, 4.69) is 10.2 Å². The van der Waals surface area contributed by atoms with Crippen molar-refractivity contribution in [3.8, 4) is 17.0 Å². The average molecular weight is 265 g/mol. The van der Waals surface area contributed by atoms with Crippen molar-refractivity contribution in [1.29, 1.82) is 0 Å². The SMILES string of the molecule is COc1c(N)cccc1-c1cc(P(C)(C)=O)[nH]n1. The van der Waals surface area contributed by atoms with E-state index in [1.165, 1.54) is 0 Å². The number of benzene rings is 1. The summed E-state index contributed by atoms with van der Waals surface area (Å²) in [6.07, 6.45) is 0. The van der Waals surface area contributed by atoms with Crippen LogP contribution in [0, 0.1) is 0 Å². The summed E-state index contributed by atoms with van der Waals surface area (Å²) >= 11 is 0. The quantitative estimate of drug-likeness (QED) is 0.656. The highest BCUT2D eigenvalue weighted by Gasteiger charge is 2.17. The second kappa shape index (κ2) is 4.50. The maximum absolute atomic E-state index is 12.0. The molecule has 0 aliphatic heterocycles. The minimum absolute atomic E-state index is 0.552. The number of ether oxygens (including phenoxy) is 1. The van der Waals surface area contributed by atoms with E-state index in [4.69, 9.17) is 10.5 Å². The van der Waals surface area contributed by atoms with Gasteiger partial charge in [0.05, 0.1) is 23.9 Å². The fraction of sp³-hybridized carbons (Fsp3) is 0.250. The number of hydrogen-bond acceptors (Lipinski definition) is 4. The van der Waals surface area contributed by atoms with Crippen molar-refractivity contribution in [2.45, 2.75) is 0 Å². The summed E-state index contributed by atoms with van der Waals surface area (Å²) < 4.78 is 17.2. The first-order valence-corrected chi connectivity index (χ1v) is 8.07. The number of rotatable bonds is 3. The minimum Gasteiger partial charge on any atom is -0.494 e. The van der Waals surface area contributed by atoms with Gasteiger partial charge >= 0.3 is 0 Å². The number of nitrogen functional groups attached to an aromatic ring is 1. The molecule has 0 fully saturated rings. The molecule has 0 unspecified atom stereocenters. The fourth-order valence-corrected chi connectivity index (χ4v) is 2.43. The second-order valence-electron chi connectivity index (χ2n) is 4.42. The van der Waals surface area contributed by atoms with Crippen molar-refractivity contribution in [3.05, 3.63) is 24.3 Å². The molecular weight excluding hydrogens is 249 g/mol. The van der Waals surface area contributed by atoms with Gasteiger partial charge in [-0.1, -0.05) is 6.07 Å². The van der Waals surface area contributed by atoms with Gasteiger partial charge in [-0.3, -0.25) is 5.10 Å². The molecule has 1 heterocycles. The third-order valence-corrected chi connectivity index (χ3v) is 4.06. The Kier molecular flexibility index (Phi) is 3.18. The first-order chi connectivity index (χ1) is 8.43. The number of aromatic nitrogens is 2. The molecule has 0 saturated heterocycles. The topological polar surface area (TPSA) is 81.0 Å². The number of methoxy groups -OCH3 is 1. The van der Waals surface area contributed by atoms with E-state index in [1.54, 1.807) is 32.6 Å². The van der Waals surface area contributed by atoms with Crippen molar-refractivity contribution in [3.63, 3.8) is 0 Å². The summed E-state index contributed by atoms with van der Waals surface area (Å²) in [5.41, 5.74) is 8.50. The molecule has 96 valence electrons. The number of nitrogens with two attached hydrogens (primary N) is 1. The Balaban J connectivity index is 2.53. The average Bonchev–Trinajstić information content (AvgIpc) is 2.77. The predicted molar refractivity (Wildman–Crippen MR) is 74.1 cm³/mol. The molecule has 0 radical (unpaired) electrons. The molecule has 1 aromatic heterocycles. The van der Waals surface area contributed by atoms with E-state index in [0.717, 1.165) is 5.56 Å². The standard InChI is InChI=1S/C12H16N3O2P/c1-17-12-8(5-4-6-9(12)13)10-7-11(15-14-10)18(2,3)16/h4-7H,13H2,1-3H3,(H,14,15). The van der Waals surface area contributed by atoms with Crippen LogP contribution in [-0.2, 0) is 4.57 Å². The number of nitrogens with one attached hydrogen (secondary N) is 1. The van der Waals surface area contributed by atoms with Crippen LogP contribution in [0.15, 0.2) is 24.3 Å². The molecule has 0 aliphatic rings. The lowest BCUT2D eigenvalue weighted by molar-refractivity contribution is 0.418. The molecule has 0 bridgehead atoms. The predicted octanol–water partition coefficient (Wildman–Crippen LogP) is 1.92. The van der Waals surface area contributed by atoms with Gasteiger partial charge in [0, 0.05) is 5.56 Å². The van der Waals surface area contributed by atoms with Crippen molar-refractivity contribution in [1.82, 2.24) is 10.2 Å². The zero-order valence-electron chi connectivity index (χ0n) is 10.6. The molecule has 0 amide bonds. The monoisotopic (exact) mass is 265 g/mol. The molecule has 0 spiro atoms. The maximum Gasteiger partial charge on any atom is 0.151 e. The van der Waals surface area contributed by atoms with Crippen LogP contribution >= 0.6 is 7.14 Å². The smallest absolute Gasteiger partial charge is 0.151 e. The van der Waals surface area contributed by atoms with Crippen molar-refractivity contribution in [2.75, 3.05) is 26.2 Å². The number of para-hydroxylation sites is 1. The fourth-order valence-electron chi connectivity index (χ4n) is 1.71. The number of aromatic amines is 1. The van der Waals surface area contributed by atoms with Crippen molar-refractivity contribution >= 4 is 18.3 Å². The number of nitrogens with zero attached hydrogens (tertiary/aromatic N) is 1. The number of anilines is 1. The highest BCUT2D eigenvalue weighted by atomic mass is 31.2. The van der Waals surface area contributed by atoms with Crippen LogP contribution in [0.1, 0.15) is 0 Å². The van der Waals surface area contributed by atoms with Gasteiger partial charge in [0.1, 0.15) is 7.14 Å². The Morgan fingerprint density at radius 3 is 2.67 bits per heavy atom. The molecule has 2 rings (SSSR count). The summed E-state index contributed by atoms with van der Waals surface area (Å²) in [5, 5.41) is 6.98. The molecule has 18 heavy (non-hydrogen) atoms. The van der Waals surface area contributed by atoms with Gasteiger partial charge in [0.15, 0.2) is 5.75 Å². The van der Waals surface area contributed by atoms with E-state index in [9.17, 15) is 4.57 Å². The largest absolute Gasteiger partial charge is 0.494 e. The molecular formula is C12H16N3O2P. The first kappa shape index (κ1) is 12.7. The van der Waals surface area contributed by atoms with Crippen molar-refractivity contribution in [2.24, 2.45) is 0 Å². The Hall–Kier alpha value is -1.74. The highest BCUT2D eigenvalue weighted by molar-refractivity contribution is 7.69. The van der Waals surface area contributed by atoms with E-state index in [0.29, 0.717) is 22.6 Å². The zero-order chi connectivity index (χ0) is 13.3. The van der Waals surface area contributed by atoms with Gasteiger partial charge in [-0.05, 0) is 31.5 Å². The van der Waals surface area contributed by atoms with Gasteiger partial charge < -0.3 is 15.0 Å². The van der Waals surface area contributed by atoms with Gasteiger partial charge in [-0.2, -0.15) is 5.10 Å². The first-order valence-electron chi connectivity index (χ1n) is 5.47. The third kappa shape index (κ3) is 2.27. The molecule has 0 aliphatic carbocycles. The summed E-state index contributed by atoms with van der Waals surface area (Å²) in [5.74, 6) is 0.581. The van der Waals surface area contributed by atoms with Crippen LogP contribution in [0.25, 0.3) is 11.3 Å². The lowest BCUT2D eigenvalue weighted by Crippen LogP contribution is -2.02. The zero-order valence-corrected chi connectivity index (χ0v) is 11.5. The van der Waals surface area contributed by atoms with Gasteiger partial charge in [0.2, 0.25) is 0 Å². The summed E-state index contributed by atoms with van der Waals surface area (Å²) in [4.78, 5) is 0. The van der Waals surface area contributed by atoms with Crippen molar-refractivity contribution < 1.29 is 9.30 Å². The Morgan fingerprint density at radius 2 is 2.11 bits per heavy atom. The third-order valence-electron chi connectivity index (χ3n) is 2.67.